The fourth-order valence-corrected chi connectivity index (χ4v) is 6.13. The number of aliphatic imine (C=N–C) groups is 1. The molecule has 0 spiro atoms. The summed E-state index contributed by atoms with van der Waals surface area (Å²) >= 11 is 1.40. The molecular formula is C32H29N3O4S. The third-order valence-corrected chi connectivity index (χ3v) is 8.09. The van der Waals surface area contributed by atoms with Gasteiger partial charge in [0.05, 0.1) is 35.9 Å². The second-order valence-corrected chi connectivity index (χ2v) is 10.8. The fraction of sp³-hybridized carbons (Fsp3) is 0.219. The van der Waals surface area contributed by atoms with Gasteiger partial charge in [-0.15, -0.1) is 0 Å². The molecule has 6 rings (SSSR count). The minimum atomic E-state index is -0.359. The number of fused-ring (bicyclic) bond motifs is 1. The molecule has 0 unspecified atom stereocenters. The van der Waals surface area contributed by atoms with Gasteiger partial charge >= 0.3 is 5.97 Å². The third kappa shape index (κ3) is 5.46. The number of thioether (sulfide) groups is 1. The smallest absolute Gasteiger partial charge is 0.337 e. The highest BCUT2D eigenvalue weighted by Crippen LogP contribution is 2.36. The quantitative estimate of drug-likeness (QED) is 0.200. The third-order valence-electron chi connectivity index (χ3n) is 7.09. The van der Waals surface area contributed by atoms with E-state index in [4.69, 9.17) is 14.5 Å². The Bertz CT molecular complexity index is 1620. The van der Waals surface area contributed by atoms with E-state index in [-0.39, 0.29) is 18.0 Å². The molecule has 0 bridgehead atoms. The van der Waals surface area contributed by atoms with Crippen molar-refractivity contribution in [3.63, 3.8) is 0 Å². The number of hydrogen-bond acceptors (Lipinski definition) is 6. The Morgan fingerprint density at radius 1 is 1.10 bits per heavy atom. The summed E-state index contributed by atoms with van der Waals surface area (Å²) in [5, 5.41) is 1.72. The summed E-state index contributed by atoms with van der Waals surface area (Å²) in [5.41, 5.74) is 4.30. The average Bonchev–Trinajstić information content (AvgIpc) is 3.70. The summed E-state index contributed by atoms with van der Waals surface area (Å²) in [7, 11) is 1.38. The van der Waals surface area contributed by atoms with Crippen molar-refractivity contribution in [1.82, 2.24) is 9.47 Å². The number of benzene rings is 3. The van der Waals surface area contributed by atoms with Gasteiger partial charge in [-0.1, -0.05) is 48.5 Å². The average molecular weight is 552 g/mol. The molecule has 1 amide bonds. The van der Waals surface area contributed by atoms with Crippen molar-refractivity contribution in [2.24, 2.45) is 4.99 Å². The number of carbonyl (C=O) groups excluding carboxylic acids is 2. The lowest BCUT2D eigenvalue weighted by Gasteiger charge is -2.19. The van der Waals surface area contributed by atoms with E-state index in [1.54, 1.807) is 11.0 Å². The van der Waals surface area contributed by atoms with Gasteiger partial charge in [0, 0.05) is 35.8 Å². The Balaban J connectivity index is 1.34. The number of amides is 1. The van der Waals surface area contributed by atoms with Crippen LogP contribution in [0.15, 0.2) is 95.0 Å². The highest BCUT2D eigenvalue weighted by Gasteiger charge is 2.36. The minimum Gasteiger partial charge on any atom is -0.465 e. The predicted molar refractivity (Wildman–Crippen MR) is 159 cm³/mol. The molecule has 3 aromatic carbocycles. The first-order valence-corrected chi connectivity index (χ1v) is 14.1. The van der Waals surface area contributed by atoms with Crippen LogP contribution in [0.2, 0.25) is 0 Å². The second kappa shape index (κ2) is 11.5. The molecule has 8 heteroatoms. The van der Waals surface area contributed by atoms with Crippen LogP contribution < -0.4 is 0 Å². The van der Waals surface area contributed by atoms with E-state index in [0.717, 1.165) is 47.2 Å². The topological polar surface area (TPSA) is 73.1 Å². The van der Waals surface area contributed by atoms with Crippen molar-refractivity contribution in [3.05, 3.63) is 107 Å². The maximum absolute atomic E-state index is 13.7. The van der Waals surface area contributed by atoms with Crippen LogP contribution in [0, 0.1) is 0 Å². The maximum Gasteiger partial charge on any atom is 0.337 e. The highest BCUT2D eigenvalue weighted by atomic mass is 32.2. The number of carbonyl (C=O) groups is 2. The first-order chi connectivity index (χ1) is 19.6. The van der Waals surface area contributed by atoms with Crippen LogP contribution in [0.3, 0.4) is 0 Å². The lowest BCUT2D eigenvalue weighted by molar-refractivity contribution is -0.123. The first-order valence-electron chi connectivity index (χ1n) is 13.3. The van der Waals surface area contributed by atoms with Crippen LogP contribution in [0.25, 0.3) is 17.0 Å². The molecule has 4 aromatic rings. The monoisotopic (exact) mass is 551 g/mol. The van der Waals surface area contributed by atoms with Gasteiger partial charge in [-0.25, -0.2) is 9.79 Å². The van der Waals surface area contributed by atoms with Crippen molar-refractivity contribution < 1.29 is 19.1 Å². The SMILES string of the molecule is COC(=O)c1cccc(Cn2cc(/C=C3\SC(=Nc4ccccc4)N(C[C@@H]4CCCO4)C3=O)c3ccccc32)c1. The van der Waals surface area contributed by atoms with Gasteiger partial charge in [-0.3, -0.25) is 9.69 Å². The number of ether oxygens (including phenoxy) is 2. The molecule has 7 nitrogen and oxygen atoms in total. The number of nitrogens with zero attached hydrogens (tertiary/aromatic N) is 3. The van der Waals surface area contributed by atoms with Gasteiger partial charge in [-0.05, 0) is 66.6 Å². The number of hydrogen-bond donors (Lipinski definition) is 0. The van der Waals surface area contributed by atoms with Crippen molar-refractivity contribution in [2.45, 2.75) is 25.5 Å². The molecule has 3 heterocycles. The zero-order chi connectivity index (χ0) is 27.5. The largest absolute Gasteiger partial charge is 0.465 e. The Morgan fingerprint density at radius 2 is 1.93 bits per heavy atom. The Kier molecular flexibility index (Phi) is 7.53. The number of esters is 1. The zero-order valence-corrected chi connectivity index (χ0v) is 23.0. The summed E-state index contributed by atoms with van der Waals surface area (Å²) in [6.45, 7) is 1.80. The molecule has 202 valence electrons. The second-order valence-electron chi connectivity index (χ2n) is 9.81. The van der Waals surface area contributed by atoms with Crippen LogP contribution >= 0.6 is 11.8 Å². The number of methoxy groups -OCH3 is 1. The number of amidine groups is 1. The van der Waals surface area contributed by atoms with Gasteiger partial charge in [-0.2, -0.15) is 0 Å². The predicted octanol–water partition coefficient (Wildman–Crippen LogP) is 6.26. The van der Waals surface area contributed by atoms with Crippen molar-refractivity contribution >= 4 is 51.5 Å². The van der Waals surface area contributed by atoms with Crippen molar-refractivity contribution in [2.75, 3.05) is 20.3 Å². The van der Waals surface area contributed by atoms with Crippen LogP contribution in [-0.4, -0.2) is 52.9 Å². The molecule has 2 fully saturated rings. The van der Waals surface area contributed by atoms with E-state index in [0.29, 0.717) is 28.7 Å². The maximum atomic E-state index is 13.7. The number of rotatable bonds is 7. The lowest BCUT2D eigenvalue weighted by Crippen LogP contribution is -2.36. The molecule has 2 aliphatic rings. The summed E-state index contributed by atoms with van der Waals surface area (Å²) in [4.78, 5) is 33.0. The standard InChI is InChI=1S/C32H29N3O4S/c1-38-31(37)23-10-7-9-22(17-23)19-34-20-24(27-14-5-6-15-28(27)34)18-29-30(36)35(21-26-13-8-16-39-26)32(40-29)33-25-11-3-2-4-12-25/h2-7,9-12,14-15,17-18,20,26H,8,13,16,19,21H2,1H3/b29-18-,33-32?/t26-/m0/s1. The molecule has 0 N–H and O–H groups in total. The molecule has 40 heavy (non-hydrogen) atoms. The van der Waals surface area contributed by atoms with E-state index < -0.39 is 0 Å². The van der Waals surface area contributed by atoms with Gasteiger partial charge in [0.2, 0.25) is 0 Å². The molecule has 2 aliphatic heterocycles. The van der Waals surface area contributed by atoms with E-state index in [1.807, 2.05) is 66.7 Å². The van der Waals surface area contributed by atoms with E-state index in [2.05, 4.69) is 22.9 Å². The highest BCUT2D eigenvalue weighted by molar-refractivity contribution is 8.18. The summed E-state index contributed by atoms with van der Waals surface area (Å²) < 4.78 is 12.9. The molecule has 1 aromatic heterocycles. The van der Waals surface area contributed by atoms with Crippen LogP contribution in [0.4, 0.5) is 5.69 Å². The molecule has 0 saturated carbocycles. The Labute approximate surface area is 237 Å². The zero-order valence-electron chi connectivity index (χ0n) is 22.2. The van der Waals surface area contributed by atoms with Gasteiger partial charge in [0.15, 0.2) is 5.17 Å². The Morgan fingerprint density at radius 3 is 2.73 bits per heavy atom. The van der Waals surface area contributed by atoms with E-state index in [1.165, 1.54) is 18.9 Å². The normalized spacial score (nSPS) is 19.3. The van der Waals surface area contributed by atoms with E-state index >= 15 is 0 Å². The van der Waals surface area contributed by atoms with E-state index in [9.17, 15) is 9.59 Å². The van der Waals surface area contributed by atoms with Crippen LogP contribution in [0.1, 0.15) is 34.3 Å². The van der Waals surface area contributed by atoms with Crippen molar-refractivity contribution in [3.8, 4) is 0 Å². The molecular weight excluding hydrogens is 522 g/mol. The van der Waals surface area contributed by atoms with Gasteiger partial charge in [0.25, 0.3) is 5.91 Å². The molecule has 0 aliphatic carbocycles. The van der Waals surface area contributed by atoms with Crippen LogP contribution in [0.5, 0.6) is 0 Å². The summed E-state index contributed by atoms with van der Waals surface area (Å²) in [6, 6.07) is 25.3. The lowest BCUT2D eigenvalue weighted by atomic mass is 10.1. The fourth-order valence-electron chi connectivity index (χ4n) is 5.13. The number of para-hydroxylation sites is 2. The van der Waals surface area contributed by atoms with Crippen LogP contribution in [-0.2, 0) is 20.8 Å². The minimum absolute atomic E-state index is 0.0209. The Hall–Kier alpha value is -4.14. The number of aromatic nitrogens is 1. The molecule has 2 saturated heterocycles. The molecule has 1 atom stereocenters. The molecule has 0 radical (unpaired) electrons. The van der Waals surface area contributed by atoms with Crippen molar-refractivity contribution in [1.29, 1.82) is 0 Å². The van der Waals surface area contributed by atoms with Gasteiger partial charge < -0.3 is 14.0 Å². The summed E-state index contributed by atoms with van der Waals surface area (Å²) in [6.07, 6.45) is 6.00. The first kappa shape index (κ1) is 26.1. The summed E-state index contributed by atoms with van der Waals surface area (Å²) in [5.74, 6) is -0.417. The van der Waals surface area contributed by atoms with Gasteiger partial charge in [0.1, 0.15) is 0 Å².